The molecule has 0 aromatic carbocycles. The first kappa shape index (κ1) is 18.2. The van der Waals surface area contributed by atoms with Crippen LogP contribution in [0.2, 0.25) is 0 Å². The van der Waals surface area contributed by atoms with E-state index in [9.17, 15) is 14.7 Å². The Hall–Kier alpha value is -1.85. The summed E-state index contributed by atoms with van der Waals surface area (Å²) in [5.41, 5.74) is 1.22. The molecule has 1 heterocycles. The number of hydrogen-bond acceptors (Lipinski definition) is 3. The van der Waals surface area contributed by atoms with Gasteiger partial charge in [-0.25, -0.2) is 4.79 Å². The van der Waals surface area contributed by atoms with Crippen LogP contribution in [0.25, 0.3) is 0 Å². The van der Waals surface area contributed by atoms with Gasteiger partial charge in [0.25, 0.3) is 5.91 Å². The molecule has 0 fully saturated rings. The molecule has 0 radical (unpaired) electrons. The van der Waals surface area contributed by atoms with E-state index in [1.165, 1.54) is 6.20 Å². The highest BCUT2D eigenvalue weighted by Crippen LogP contribution is 2.19. The number of carbonyl (C=O) groups is 2. The van der Waals surface area contributed by atoms with E-state index in [-0.39, 0.29) is 17.9 Å². The van der Waals surface area contributed by atoms with E-state index >= 15 is 0 Å². The lowest BCUT2D eigenvalue weighted by Gasteiger charge is -2.20. The molecule has 6 nitrogen and oxygen atoms in total. The fourth-order valence-corrected chi connectivity index (χ4v) is 2.55. The van der Waals surface area contributed by atoms with Crippen molar-refractivity contribution in [3.63, 3.8) is 0 Å². The summed E-state index contributed by atoms with van der Waals surface area (Å²) < 4.78 is 1.86. The second kappa shape index (κ2) is 7.96. The molecule has 22 heavy (non-hydrogen) atoms. The Morgan fingerprint density at radius 2 is 1.86 bits per heavy atom. The first-order valence-electron chi connectivity index (χ1n) is 7.94. The highest BCUT2D eigenvalue weighted by atomic mass is 16.4. The third-order valence-electron chi connectivity index (χ3n) is 4.34. The highest BCUT2D eigenvalue weighted by molar-refractivity contribution is 5.97. The van der Waals surface area contributed by atoms with Crippen molar-refractivity contribution in [2.45, 2.75) is 66.0 Å². The van der Waals surface area contributed by atoms with Gasteiger partial charge >= 0.3 is 5.97 Å². The normalized spacial score (nSPS) is 13.9. The number of amides is 1. The molecule has 0 aliphatic heterocycles. The third kappa shape index (κ3) is 3.87. The van der Waals surface area contributed by atoms with Crippen molar-refractivity contribution in [1.82, 2.24) is 15.1 Å². The predicted octanol–water partition coefficient (Wildman–Crippen LogP) is 2.78. The fraction of sp³-hybridized carbons (Fsp3) is 0.688. The summed E-state index contributed by atoms with van der Waals surface area (Å²) >= 11 is 0. The molecule has 2 atom stereocenters. The topological polar surface area (TPSA) is 84.2 Å². The minimum Gasteiger partial charge on any atom is -0.480 e. The first-order valence-corrected chi connectivity index (χ1v) is 7.94. The molecule has 0 spiro atoms. The third-order valence-corrected chi connectivity index (χ3v) is 4.34. The minimum atomic E-state index is -1.01. The number of carboxylic acid groups (broad SMARTS) is 1. The van der Waals surface area contributed by atoms with Crippen LogP contribution < -0.4 is 5.32 Å². The fourth-order valence-electron chi connectivity index (χ4n) is 2.55. The molecule has 0 bridgehead atoms. The van der Waals surface area contributed by atoms with Crippen LogP contribution >= 0.6 is 0 Å². The van der Waals surface area contributed by atoms with Crippen LogP contribution in [0.3, 0.4) is 0 Å². The van der Waals surface area contributed by atoms with Crippen LogP contribution in [-0.4, -0.2) is 32.8 Å². The van der Waals surface area contributed by atoms with Gasteiger partial charge in [0, 0.05) is 5.69 Å². The molecule has 1 amide bonds. The lowest BCUT2D eigenvalue weighted by Crippen LogP contribution is -2.45. The van der Waals surface area contributed by atoms with E-state index in [2.05, 4.69) is 24.3 Å². The van der Waals surface area contributed by atoms with Crippen molar-refractivity contribution in [1.29, 1.82) is 0 Å². The molecule has 124 valence electrons. The van der Waals surface area contributed by atoms with Crippen molar-refractivity contribution < 1.29 is 14.7 Å². The molecule has 0 saturated carbocycles. The Balaban J connectivity index is 2.97. The summed E-state index contributed by atoms with van der Waals surface area (Å²) in [5, 5.41) is 16.2. The Labute approximate surface area is 131 Å². The number of nitrogens with one attached hydrogen (secondary N) is 1. The van der Waals surface area contributed by atoms with Gasteiger partial charge in [0.05, 0.1) is 17.8 Å². The second-order valence-electron chi connectivity index (χ2n) is 5.73. The Morgan fingerprint density at radius 1 is 1.27 bits per heavy atom. The summed E-state index contributed by atoms with van der Waals surface area (Å²) in [7, 11) is 0. The van der Waals surface area contributed by atoms with E-state index in [1.54, 1.807) is 0 Å². The maximum absolute atomic E-state index is 12.4. The number of rotatable bonds is 8. The zero-order chi connectivity index (χ0) is 16.9. The minimum absolute atomic E-state index is 0.129. The standard InChI is InChI=1S/C16H27N3O3/c1-6-10(4)14(16(21)22)18-15(20)13-9-17-19(11(13)5)12(7-2)8-3/h9-10,12,14H,6-8H2,1-5H3,(H,18,20)(H,21,22)/t10-,14-/m0/s1. The molecule has 1 rings (SSSR count). The number of carboxylic acids is 1. The number of aliphatic carboxylic acids is 1. The largest absolute Gasteiger partial charge is 0.480 e. The molecule has 0 unspecified atom stereocenters. The summed E-state index contributed by atoms with van der Waals surface area (Å²) in [5.74, 6) is -1.51. The van der Waals surface area contributed by atoms with Gasteiger partial charge in [-0.05, 0) is 25.7 Å². The maximum atomic E-state index is 12.4. The van der Waals surface area contributed by atoms with Crippen LogP contribution in [0.15, 0.2) is 6.20 Å². The van der Waals surface area contributed by atoms with Crippen molar-refractivity contribution >= 4 is 11.9 Å². The summed E-state index contributed by atoms with van der Waals surface area (Å²) in [6.45, 7) is 9.73. The van der Waals surface area contributed by atoms with E-state index in [0.29, 0.717) is 12.0 Å². The Morgan fingerprint density at radius 3 is 2.32 bits per heavy atom. The van der Waals surface area contributed by atoms with Crippen LogP contribution in [0.1, 0.15) is 69.1 Å². The highest BCUT2D eigenvalue weighted by Gasteiger charge is 2.27. The number of hydrogen-bond donors (Lipinski definition) is 2. The van der Waals surface area contributed by atoms with Gasteiger partial charge in [0.2, 0.25) is 0 Å². The quantitative estimate of drug-likeness (QED) is 0.773. The lowest BCUT2D eigenvalue weighted by atomic mass is 9.99. The monoisotopic (exact) mass is 309 g/mol. The molecule has 2 N–H and O–H groups in total. The van der Waals surface area contributed by atoms with Crippen molar-refractivity contribution in [3.05, 3.63) is 17.5 Å². The SMILES string of the molecule is CCC(CC)n1ncc(C(=O)N[C@H](C(=O)O)[C@@H](C)CC)c1C. The molecule has 0 aliphatic carbocycles. The van der Waals surface area contributed by atoms with Crippen LogP contribution in [0.5, 0.6) is 0 Å². The van der Waals surface area contributed by atoms with Gasteiger partial charge in [-0.2, -0.15) is 5.10 Å². The van der Waals surface area contributed by atoms with E-state index < -0.39 is 12.0 Å². The summed E-state index contributed by atoms with van der Waals surface area (Å²) in [6, 6.07) is -0.625. The van der Waals surface area contributed by atoms with Crippen molar-refractivity contribution in [2.24, 2.45) is 5.92 Å². The first-order chi connectivity index (χ1) is 10.4. The van der Waals surface area contributed by atoms with E-state index in [4.69, 9.17) is 0 Å². The van der Waals surface area contributed by atoms with Gasteiger partial charge in [-0.15, -0.1) is 0 Å². The van der Waals surface area contributed by atoms with Crippen LogP contribution in [0, 0.1) is 12.8 Å². The summed E-state index contributed by atoms with van der Waals surface area (Å²) in [4.78, 5) is 23.7. The number of nitrogens with zero attached hydrogens (tertiary/aromatic N) is 2. The van der Waals surface area contributed by atoms with Gasteiger partial charge in [0.15, 0.2) is 0 Å². The smallest absolute Gasteiger partial charge is 0.326 e. The van der Waals surface area contributed by atoms with Crippen molar-refractivity contribution in [2.75, 3.05) is 0 Å². The number of aromatic nitrogens is 2. The van der Waals surface area contributed by atoms with Gasteiger partial charge < -0.3 is 10.4 Å². The average Bonchev–Trinajstić information content (AvgIpc) is 2.87. The van der Waals surface area contributed by atoms with Crippen molar-refractivity contribution in [3.8, 4) is 0 Å². The molecule has 0 aliphatic rings. The van der Waals surface area contributed by atoms with Gasteiger partial charge in [-0.3, -0.25) is 9.48 Å². The number of carbonyl (C=O) groups excluding carboxylic acids is 1. The summed E-state index contributed by atoms with van der Waals surface area (Å²) in [6.07, 6.45) is 4.08. The van der Waals surface area contributed by atoms with Crippen LogP contribution in [0.4, 0.5) is 0 Å². The molecule has 1 aromatic rings. The molecule has 6 heteroatoms. The lowest BCUT2D eigenvalue weighted by molar-refractivity contribution is -0.140. The Bertz CT molecular complexity index is 521. The molecular formula is C16H27N3O3. The van der Waals surface area contributed by atoms with Crippen LogP contribution in [-0.2, 0) is 4.79 Å². The maximum Gasteiger partial charge on any atom is 0.326 e. The van der Waals surface area contributed by atoms with Gasteiger partial charge in [-0.1, -0.05) is 34.1 Å². The van der Waals surface area contributed by atoms with E-state index in [0.717, 1.165) is 18.5 Å². The van der Waals surface area contributed by atoms with Gasteiger partial charge in [0.1, 0.15) is 6.04 Å². The average molecular weight is 309 g/mol. The second-order valence-corrected chi connectivity index (χ2v) is 5.73. The predicted molar refractivity (Wildman–Crippen MR) is 84.9 cm³/mol. The Kier molecular flexibility index (Phi) is 6.59. The molecular weight excluding hydrogens is 282 g/mol. The molecule has 0 saturated heterocycles. The zero-order valence-electron chi connectivity index (χ0n) is 14.1. The molecule has 1 aromatic heterocycles. The zero-order valence-corrected chi connectivity index (χ0v) is 14.1. The van der Waals surface area contributed by atoms with E-state index in [1.807, 2.05) is 25.5 Å².